The molecule has 0 atom stereocenters. The van der Waals surface area contributed by atoms with Crippen molar-refractivity contribution >= 4 is 29.9 Å². The first kappa shape index (κ1) is 15.5. The van der Waals surface area contributed by atoms with Crippen LogP contribution >= 0.6 is 24.0 Å². The highest BCUT2D eigenvalue weighted by Crippen LogP contribution is 2.04. The highest BCUT2D eigenvalue weighted by atomic mass is 127. The third-order valence-corrected chi connectivity index (χ3v) is 1.81. The normalized spacial score (nSPS) is 9.00. The van der Waals surface area contributed by atoms with Gasteiger partial charge in [-0.3, -0.25) is 4.99 Å². The number of rotatable bonds is 7. The van der Waals surface area contributed by atoms with Crippen LogP contribution in [0.4, 0.5) is 0 Å². The summed E-state index contributed by atoms with van der Waals surface area (Å²) in [6.07, 6.45) is 7.67. The molecule has 13 heavy (non-hydrogen) atoms. The molecule has 4 N–H and O–H groups in total. The van der Waals surface area contributed by atoms with Crippen LogP contribution in [0.5, 0.6) is 0 Å². The van der Waals surface area contributed by atoms with Crippen LogP contribution in [0, 0.1) is 0 Å². The first-order chi connectivity index (χ1) is 5.77. The second kappa shape index (κ2) is 12.0. The Hall–Kier alpha value is 0. The molecular formula is C9H22IN3. The molecule has 80 valence electrons. The van der Waals surface area contributed by atoms with Crippen LogP contribution in [0.25, 0.3) is 0 Å². The molecule has 0 radical (unpaired) electrons. The smallest absolute Gasteiger partial charge is 0.185 e. The number of aliphatic imine (C=N–C) groups is 1. The van der Waals surface area contributed by atoms with Gasteiger partial charge in [-0.15, -0.1) is 24.0 Å². The lowest BCUT2D eigenvalue weighted by molar-refractivity contribution is 0.612. The van der Waals surface area contributed by atoms with Gasteiger partial charge in [0.15, 0.2) is 5.96 Å². The molecule has 0 fully saturated rings. The van der Waals surface area contributed by atoms with E-state index < -0.39 is 0 Å². The molecule has 0 saturated heterocycles. The first-order valence-electron chi connectivity index (χ1n) is 4.82. The van der Waals surface area contributed by atoms with E-state index in [1.54, 1.807) is 0 Å². The number of halogens is 1. The molecule has 0 bridgehead atoms. The van der Waals surface area contributed by atoms with E-state index in [1.807, 2.05) is 0 Å². The van der Waals surface area contributed by atoms with Gasteiger partial charge in [0.25, 0.3) is 0 Å². The summed E-state index contributed by atoms with van der Waals surface area (Å²) in [5.74, 6) is 0.212. The summed E-state index contributed by atoms with van der Waals surface area (Å²) in [4.78, 5) is 3.91. The summed E-state index contributed by atoms with van der Waals surface area (Å²) in [6, 6.07) is 0. The number of guanidine groups is 1. The lowest BCUT2D eigenvalue weighted by atomic mass is 10.1. The fourth-order valence-electron chi connectivity index (χ4n) is 1.10. The average molecular weight is 299 g/mol. The Labute approximate surface area is 98.4 Å². The number of unbranched alkanes of at least 4 members (excludes halogenated alkanes) is 5. The van der Waals surface area contributed by atoms with Gasteiger partial charge < -0.3 is 11.5 Å². The molecule has 0 aliphatic heterocycles. The fourth-order valence-corrected chi connectivity index (χ4v) is 1.10. The second-order valence-corrected chi connectivity index (χ2v) is 3.07. The molecule has 3 nitrogen and oxygen atoms in total. The monoisotopic (exact) mass is 299 g/mol. The molecule has 0 rings (SSSR count). The number of hydrogen-bond acceptors (Lipinski definition) is 1. The molecule has 0 aromatic heterocycles. The third-order valence-electron chi connectivity index (χ3n) is 1.81. The third kappa shape index (κ3) is 14.8. The van der Waals surface area contributed by atoms with Crippen molar-refractivity contribution < 1.29 is 0 Å². The van der Waals surface area contributed by atoms with Crippen LogP contribution in [0.15, 0.2) is 4.99 Å². The first-order valence-corrected chi connectivity index (χ1v) is 4.82. The number of nitrogens with zero attached hydrogens (tertiary/aromatic N) is 1. The van der Waals surface area contributed by atoms with Gasteiger partial charge in [-0.25, -0.2) is 0 Å². The SMILES string of the molecule is CCCCCCCCN=C(N)N.I. The molecule has 0 spiro atoms. The van der Waals surface area contributed by atoms with Gasteiger partial charge in [-0.1, -0.05) is 39.0 Å². The second-order valence-electron chi connectivity index (χ2n) is 3.07. The van der Waals surface area contributed by atoms with Crippen LogP contribution in [0.3, 0.4) is 0 Å². The summed E-state index contributed by atoms with van der Waals surface area (Å²) in [7, 11) is 0. The Morgan fingerprint density at radius 3 is 2.08 bits per heavy atom. The van der Waals surface area contributed by atoms with Crippen LogP contribution in [-0.2, 0) is 0 Å². The zero-order valence-electron chi connectivity index (χ0n) is 8.46. The van der Waals surface area contributed by atoms with Gasteiger partial charge in [0.1, 0.15) is 0 Å². The van der Waals surface area contributed by atoms with E-state index >= 15 is 0 Å². The molecule has 0 heterocycles. The standard InChI is InChI=1S/C9H21N3.HI/c1-2-3-4-5-6-7-8-12-9(10)11;/h2-8H2,1H3,(H4,10,11,12);1H. The molecular weight excluding hydrogens is 277 g/mol. The lowest BCUT2D eigenvalue weighted by Crippen LogP contribution is -2.22. The Balaban J connectivity index is 0. The highest BCUT2D eigenvalue weighted by molar-refractivity contribution is 14.0. The van der Waals surface area contributed by atoms with Gasteiger partial charge in [-0.05, 0) is 6.42 Å². The number of hydrogen-bond donors (Lipinski definition) is 2. The quantitative estimate of drug-likeness (QED) is 0.328. The van der Waals surface area contributed by atoms with Crippen molar-refractivity contribution in [2.24, 2.45) is 16.5 Å². The van der Waals surface area contributed by atoms with Crippen molar-refractivity contribution in [3.05, 3.63) is 0 Å². The van der Waals surface area contributed by atoms with Crippen LogP contribution < -0.4 is 11.5 Å². The van der Waals surface area contributed by atoms with Crippen LogP contribution in [0.2, 0.25) is 0 Å². The minimum absolute atomic E-state index is 0. The van der Waals surface area contributed by atoms with E-state index in [4.69, 9.17) is 11.5 Å². The highest BCUT2D eigenvalue weighted by Gasteiger charge is 1.88. The van der Waals surface area contributed by atoms with Gasteiger partial charge in [-0.2, -0.15) is 0 Å². The predicted octanol–water partition coefficient (Wildman–Crippen LogP) is 2.24. The van der Waals surface area contributed by atoms with E-state index in [0.29, 0.717) is 0 Å². The summed E-state index contributed by atoms with van der Waals surface area (Å²) in [5, 5.41) is 0. The Kier molecular flexibility index (Phi) is 14.3. The maximum atomic E-state index is 5.18. The molecule has 4 heteroatoms. The van der Waals surface area contributed by atoms with Crippen molar-refractivity contribution in [2.75, 3.05) is 6.54 Å². The minimum atomic E-state index is 0. The average Bonchev–Trinajstić information content (AvgIpc) is 2.02. The van der Waals surface area contributed by atoms with Crippen molar-refractivity contribution in [2.45, 2.75) is 45.4 Å². The molecule has 0 aromatic carbocycles. The maximum absolute atomic E-state index is 5.18. The Morgan fingerprint density at radius 2 is 1.54 bits per heavy atom. The molecule has 0 amide bonds. The van der Waals surface area contributed by atoms with Crippen molar-refractivity contribution in [3.8, 4) is 0 Å². The fraction of sp³-hybridized carbons (Fsp3) is 0.889. The van der Waals surface area contributed by atoms with Crippen LogP contribution in [-0.4, -0.2) is 12.5 Å². The van der Waals surface area contributed by atoms with E-state index in [1.165, 1.54) is 32.1 Å². The summed E-state index contributed by atoms with van der Waals surface area (Å²) < 4.78 is 0. The zero-order chi connectivity index (χ0) is 9.23. The summed E-state index contributed by atoms with van der Waals surface area (Å²) in [6.45, 7) is 3.01. The predicted molar refractivity (Wildman–Crippen MR) is 69.5 cm³/mol. The summed E-state index contributed by atoms with van der Waals surface area (Å²) >= 11 is 0. The van der Waals surface area contributed by atoms with Gasteiger partial charge in [0.2, 0.25) is 0 Å². The van der Waals surface area contributed by atoms with E-state index in [-0.39, 0.29) is 29.9 Å². The van der Waals surface area contributed by atoms with Crippen molar-refractivity contribution in [1.29, 1.82) is 0 Å². The topological polar surface area (TPSA) is 64.4 Å². The van der Waals surface area contributed by atoms with Gasteiger partial charge in [0.05, 0.1) is 0 Å². The summed E-state index contributed by atoms with van der Waals surface area (Å²) in [5.41, 5.74) is 10.4. The Bertz CT molecular complexity index is 122. The Morgan fingerprint density at radius 1 is 1.00 bits per heavy atom. The molecule has 0 saturated carbocycles. The molecule has 0 unspecified atom stereocenters. The lowest BCUT2D eigenvalue weighted by Gasteiger charge is -1.97. The van der Waals surface area contributed by atoms with E-state index in [9.17, 15) is 0 Å². The van der Waals surface area contributed by atoms with Crippen LogP contribution in [0.1, 0.15) is 45.4 Å². The molecule has 0 aliphatic carbocycles. The van der Waals surface area contributed by atoms with Gasteiger partial charge >= 0.3 is 0 Å². The molecule has 0 aromatic rings. The maximum Gasteiger partial charge on any atom is 0.185 e. The van der Waals surface area contributed by atoms with E-state index in [2.05, 4.69) is 11.9 Å². The van der Waals surface area contributed by atoms with Crippen molar-refractivity contribution in [1.82, 2.24) is 0 Å². The van der Waals surface area contributed by atoms with Gasteiger partial charge in [0, 0.05) is 6.54 Å². The van der Waals surface area contributed by atoms with Crippen molar-refractivity contribution in [3.63, 3.8) is 0 Å². The minimum Gasteiger partial charge on any atom is -0.370 e. The number of nitrogens with two attached hydrogens (primary N) is 2. The largest absolute Gasteiger partial charge is 0.370 e. The van der Waals surface area contributed by atoms with E-state index in [0.717, 1.165) is 13.0 Å². The molecule has 0 aliphatic rings. The zero-order valence-corrected chi connectivity index (χ0v) is 10.8.